The van der Waals surface area contributed by atoms with E-state index >= 15 is 0 Å². The third-order valence-electron chi connectivity index (χ3n) is 3.59. The van der Waals surface area contributed by atoms with Crippen LogP contribution in [0, 0.1) is 6.92 Å². The number of nitrogens with one attached hydrogen (secondary N) is 3. The van der Waals surface area contributed by atoms with Gasteiger partial charge in [0.1, 0.15) is 5.82 Å². The largest absolute Gasteiger partial charge is 0.367 e. The lowest BCUT2D eigenvalue weighted by molar-refractivity contribution is -0.121. The summed E-state index contributed by atoms with van der Waals surface area (Å²) in [5.74, 6) is 0.466. The van der Waals surface area contributed by atoms with Crippen LogP contribution in [-0.2, 0) is 4.79 Å². The van der Waals surface area contributed by atoms with Crippen LogP contribution in [0.2, 0.25) is 0 Å². The smallest absolute Gasteiger partial charge is 0.312 e. The zero-order valence-electron chi connectivity index (χ0n) is 14.0. The first-order chi connectivity index (χ1) is 12.1. The summed E-state index contributed by atoms with van der Waals surface area (Å²) in [5, 5.41) is 8.48. The Morgan fingerprint density at radius 2 is 2.00 bits per heavy atom. The van der Waals surface area contributed by atoms with Crippen LogP contribution in [0.3, 0.4) is 0 Å². The number of nitrogens with zero attached hydrogens (tertiary/aromatic N) is 2. The monoisotopic (exact) mass is 342 g/mol. The predicted molar refractivity (Wildman–Crippen MR) is 94.8 cm³/mol. The van der Waals surface area contributed by atoms with Crippen molar-refractivity contribution in [2.24, 2.45) is 5.73 Å². The number of aromatic nitrogens is 2. The second-order valence-electron chi connectivity index (χ2n) is 5.49. The summed E-state index contributed by atoms with van der Waals surface area (Å²) >= 11 is 0. The van der Waals surface area contributed by atoms with Crippen molar-refractivity contribution >= 4 is 17.8 Å². The van der Waals surface area contributed by atoms with E-state index in [2.05, 4.69) is 25.9 Å². The minimum Gasteiger partial charge on any atom is -0.367 e. The van der Waals surface area contributed by atoms with Crippen molar-refractivity contribution in [1.82, 2.24) is 20.6 Å². The molecule has 0 aliphatic carbocycles. The summed E-state index contributed by atoms with van der Waals surface area (Å²) in [6, 6.07) is 6.43. The molecular weight excluding hydrogens is 320 g/mol. The molecule has 25 heavy (non-hydrogen) atoms. The molecule has 2 rings (SSSR count). The van der Waals surface area contributed by atoms with Crippen molar-refractivity contribution in [2.75, 3.05) is 18.4 Å². The number of hydrogen-bond donors (Lipinski definition) is 4. The molecule has 0 fully saturated rings. The quantitative estimate of drug-likeness (QED) is 0.535. The topological polar surface area (TPSA) is 122 Å². The van der Waals surface area contributed by atoms with Crippen LogP contribution < -0.4 is 21.7 Å². The number of amides is 3. The number of carbonyl (C=O) groups is 2. The van der Waals surface area contributed by atoms with Crippen LogP contribution in [0.5, 0.6) is 0 Å². The van der Waals surface area contributed by atoms with Crippen molar-refractivity contribution < 1.29 is 9.59 Å². The van der Waals surface area contributed by atoms with Crippen molar-refractivity contribution in [3.63, 3.8) is 0 Å². The molecule has 2 aromatic rings. The Labute approximate surface area is 146 Å². The number of urea groups is 1. The molecular formula is C17H22N6O2. The molecule has 1 atom stereocenters. The van der Waals surface area contributed by atoms with E-state index in [1.165, 1.54) is 0 Å². The number of rotatable bonds is 8. The van der Waals surface area contributed by atoms with E-state index in [9.17, 15) is 9.59 Å². The van der Waals surface area contributed by atoms with Crippen LogP contribution in [-0.4, -0.2) is 35.0 Å². The van der Waals surface area contributed by atoms with E-state index in [4.69, 9.17) is 5.73 Å². The zero-order chi connectivity index (χ0) is 18.1. The standard InChI is InChI=1S/C17H22N6O2/c1-12-4-2-3-5-13(12)14(23-17(18)25)10-16(24)22-9-8-21-15-11-19-6-7-20-15/h2-7,11,14H,8-10H2,1H3,(H,20,21)(H,22,24)(H3,18,23,25)/t14-/m1/s1. The summed E-state index contributed by atoms with van der Waals surface area (Å²) in [4.78, 5) is 31.4. The molecule has 1 aromatic heterocycles. The first-order valence-corrected chi connectivity index (χ1v) is 7.94. The van der Waals surface area contributed by atoms with Gasteiger partial charge < -0.3 is 21.7 Å². The first-order valence-electron chi connectivity index (χ1n) is 7.94. The number of aryl methyl sites for hydroxylation is 1. The molecule has 0 unspecified atom stereocenters. The minimum absolute atomic E-state index is 0.110. The van der Waals surface area contributed by atoms with Gasteiger partial charge in [0.25, 0.3) is 0 Å². The Morgan fingerprint density at radius 3 is 2.68 bits per heavy atom. The molecule has 1 aromatic carbocycles. The Hall–Kier alpha value is -3.16. The second-order valence-corrected chi connectivity index (χ2v) is 5.49. The SMILES string of the molecule is Cc1ccccc1[C@@H](CC(=O)NCCNc1cnccn1)NC(N)=O. The highest BCUT2D eigenvalue weighted by Gasteiger charge is 2.18. The lowest BCUT2D eigenvalue weighted by Gasteiger charge is -2.19. The predicted octanol–water partition coefficient (Wildman–Crippen LogP) is 1.11. The number of nitrogens with two attached hydrogens (primary N) is 1. The Balaban J connectivity index is 1.85. The van der Waals surface area contributed by atoms with E-state index < -0.39 is 12.1 Å². The summed E-state index contributed by atoms with van der Waals surface area (Å²) in [5.41, 5.74) is 7.09. The van der Waals surface area contributed by atoms with Crippen LogP contribution in [0.1, 0.15) is 23.6 Å². The molecule has 0 aliphatic rings. The van der Waals surface area contributed by atoms with E-state index in [-0.39, 0.29) is 12.3 Å². The molecule has 0 saturated heterocycles. The van der Waals surface area contributed by atoms with Crippen LogP contribution in [0.25, 0.3) is 0 Å². The van der Waals surface area contributed by atoms with E-state index in [1.54, 1.807) is 18.6 Å². The number of hydrogen-bond acceptors (Lipinski definition) is 5. The number of anilines is 1. The third kappa shape index (κ3) is 6.09. The fourth-order valence-electron chi connectivity index (χ4n) is 2.43. The molecule has 0 radical (unpaired) electrons. The maximum atomic E-state index is 12.2. The highest BCUT2D eigenvalue weighted by atomic mass is 16.2. The second kappa shape index (κ2) is 9.21. The highest BCUT2D eigenvalue weighted by molar-refractivity contribution is 5.78. The summed E-state index contributed by atoms with van der Waals surface area (Å²) in [6.45, 7) is 2.86. The summed E-state index contributed by atoms with van der Waals surface area (Å²) in [6.07, 6.45) is 4.89. The van der Waals surface area contributed by atoms with Gasteiger partial charge in [0.2, 0.25) is 5.91 Å². The Morgan fingerprint density at radius 1 is 1.20 bits per heavy atom. The van der Waals surface area contributed by atoms with E-state index in [0.29, 0.717) is 18.9 Å². The van der Waals surface area contributed by atoms with E-state index in [0.717, 1.165) is 11.1 Å². The number of primary amides is 1. The first kappa shape index (κ1) is 18.2. The van der Waals surface area contributed by atoms with Crippen LogP contribution >= 0.6 is 0 Å². The van der Waals surface area contributed by atoms with Gasteiger partial charge in [-0.3, -0.25) is 9.78 Å². The molecule has 8 heteroatoms. The molecule has 132 valence electrons. The molecule has 0 spiro atoms. The van der Waals surface area contributed by atoms with Crippen LogP contribution in [0.15, 0.2) is 42.9 Å². The van der Waals surface area contributed by atoms with Crippen molar-refractivity contribution in [3.05, 3.63) is 54.0 Å². The average molecular weight is 342 g/mol. The molecule has 8 nitrogen and oxygen atoms in total. The molecule has 1 heterocycles. The lowest BCUT2D eigenvalue weighted by atomic mass is 9.98. The van der Waals surface area contributed by atoms with Crippen molar-refractivity contribution in [3.8, 4) is 0 Å². The van der Waals surface area contributed by atoms with Crippen molar-refractivity contribution in [2.45, 2.75) is 19.4 Å². The highest BCUT2D eigenvalue weighted by Crippen LogP contribution is 2.20. The van der Waals surface area contributed by atoms with Gasteiger partial charge in [-0.1, -0.05) is 24.3 Å². The summed E-state index contributed by atoms with van der Waals surface area (Å²) in [7, 11) is 0. The zero-order valence-corrected chi connectivity index (χ0v) is 14.0. The fourth-order valence-corrected chi connectivity index (χ4v) is 2.43. The Bertz CT molecular complexity index is 707. The average Bonchev–Trinajstić information content (AvgIpc) is 2.59. The van der Waals surface area contributed by atoms with Gasteiger partial charge in [-0.25, -0.2) is 9.78 Å². The van der Waals surface area contributed by atoms with Gasteiger partial charge in [0, 0.05) is 25.5 Å². The maximum Gasteiger partial charge on any atom is 0.312 e. The van der Waals surface area contributed by atoms with Gasteiger partial charge in [-0.15, -0.1) is 0 Å². The fraction of sp³-hybridized carbons (Fsp3) is 0.294. The van der Waals surface area contributed by atoms with Gasteiger partial charge in [0.05, 0.1) is 18.7 Å². The third-order valence-corrected chi connectivity index (χ3v) is 3.59. The number of carbonyl (C=O) groups excluding carboxylic acids is 2. The van der Waals surface area contributed by atoms with Gasteiger partial charge in [-0.2, -0.15) is 0 Å². The Kier molecular flexibility index (Phi) is 6.70. The van der Waals surface area contributed by atoms with Crippen LogP contribution in [0.4, 0.5) is 10.6 Å². The van der Waals surface area contributed by atoms with Gasteiger partial charge in [-0.05, 0) is 18.1 Å². The molecule has 0 bridgehead atoms. The molecule has 0 aliphatic heterocycles. The van der Waals surface area contributed by atoms with Gasteiger partial charge in [0.15, 0.2) is 0 Å². The van der Waals surface area contributed by atoms with Gasteiger partial charge >= 0.3 is 6.03 Å². The molecule has 3 amide bonds. The number of benzene rings is 1. The summed E-state index contributed by atoms with van der Waals surface area (Å²) < 4.78 is 0. The maximum absolute atomic E-state index is 12.2. The molecule has 0 saturated carbocycles. The van der Waals surface area contributed by atoms with E-state index in [1.807, 2.05) is 31.2 Å². The van der Waals surface area contributed by atoms with Crippen molar-refractivity contribution in [1.29, 1.82) is 0 Å². The minimum atomic E-state index is -0.662. The lowest BCUT2D eigenvalue weighted by Crippen LogP contribution is -2.37. The molecule has 5 N–H and O–H groups in total. The normalized spacial score (nSPS) is 11.4.